The van der Waals surface area contributed by atoms with Gasteiger partial charge in [0.15, 0.2) is 0 Å². The molecule has 0 atom stereocenters. The highest BCUT2D eigenvalue weighted by Gasteiger charge is 2.31. The van der Waals surface area contributed by atoms with E-state index in [1.165, 1.54) is 41.1 Å². The molecule has 0 saturated heterocycles. The molecule has 0 N–H and O–H groups in total. The molecule has 9 heteroatoms. The molecule has 1 aliphatic rings. The Bertz CT molecular complexity index is 1160. The van der Waals surface area contributed by atoms with Gasteiger partial charge < -0.3 is 9.47 Å². The van der Waals surface area contributed by atoms with E-state index in [4.69, 9.17) is 14.7 Å². The highest BCUT2D eigenvalue weighted by Crippen LogP contribution is 2.39. The van der Waals surface area contributed by atoms with Crippen molar-refractivity contribution in [2.75, 3.05) is 24.6 Å². The largest absolute Gasteiger partial charge is 0.489 e. The van der Waals surface area contributed by atoms with Crippen LogP contribution in [-0.4, -0.2) is 33.7 Å². The Morgan fingerprint density at radius 1 is 1.25 bits per heavy atom. The molecule has 0 aliphatic carbocycles. The number of rotatable bonds is 4. The van der Waals surface area contributed by atoms with Crippen LogP contribution in [0, 0.1) is 11.3 Å². The van der Waals surface area contributed by atoms with Crippen molar-refractivity contribution < 1.29 is 17.9 Å². The fourth-order valence-corrected chi connectivity index (χ4v) is 5.11. The minimum Gasteiger partial charge on any atom is -0.489 e. The standard InChI is InChI=1S/C19H15N3O4S2/c1-25-19-7-4-15(12-21-19)28(23,24)22-8-9-26-17-5-2-13(10-16(17)22)18-6-3-14(11-20)27-18/h2-7,10,12H,8-9H2,1H3. The molecular formula is C19H15N3O4S2. The lowest BCUT2D eigenvalue weighted by atomic mass is 10.1. The minimum atomic E-state index is -3.81. The molecule has 0 fully saturated rings. The second-order valence-corrected chi connectivity index (χ2v) is 8.87. The van der Waals surface area contributed by atoms with Gasteiger partial charge in [-0.05, 0) is 42.0 Å². The van der Waals surface area contributed by atoms with Crippen molar-refractivity contribution >= 4 is 27.0 Å². The lowest BCUT2D eigenvalue weighted by molar-refractivity contribution is 0.316. The monoisotopic (exact) mass is 413 g/mol. The van der Waals surface area contributed by atoms with Crippen LogP contribution in [0.1, 0.15) is 4.88 Å². The predicted octanol–water partition coefficient (Wildman–Crippen LogP) is 3.28. The van der Waals surface area contributed by atoms with Gasteiger partial charge in [0.2, 0.25) is 5.88 Å². The molecule has 0 saturated carbocycles. The van der Waals surface area contributed by atoms with E-state index in [1.807, 2.05) is 12.1 Å². The molecule has 4 rings (SSSR count). The van der Waals surface area contributed by atoms with E-state index in [1.54, 1.807) is 18.2 Å². The molecule has 0 bridgehead atoms. The molecule has 3 heterocycles. The van der Waals surface area contributed by atoms with Crippen molar-refractivity contribution in [3.63, 3.8) is 0 Å². The zero-order valence-corrected chi connectivity index (χ0v) is 16.5. The van der Waals surface area contributed by atoms with Gasteiger partial charge in [-0.15, -0.1) is 11.3 Å². The highest BCUT2D eigenvalue weighted by molar-refractivity contribution is 7.92. The van der Waals surface area contributed by atoms with Gasteiger partial charge in [0, 0.05) is 10.9 Å². The summed E-state index contributed by atoms with van der Waals surface area (Å²) in [5.74, 6) is 0.840. The summed E-state index contributed by atoms with van der Waals surface area (Å²) in [6.45, 7) is 0.450. The van der Waals surface area contributed by atoms with Gasteiger partial charge >= 0.3 is 0 Å². The van der Waals surface area contributed by atoms with Gasteiger partial charge in [0.1, 0.15) is 28.2 Å². The maximum atomic E-state index is 13.2. The van der Waals surface area contributed by atoms with E-state index >= 15 is 0 Å². The Hall–Kier alpha value is -3.09. The predicted molar refractivity (Wildman–Crippen MR) is 105 cm³/mol. The molecular weight excluding hydrogens is 398 g/mol. The summed E-state index contributed by atoms with van der Waals surface area (Å²) in [5, 5.41) is 9.04. The second-order valence-electron chi connectivity index (χ2n) is 5.92. The number of hydrogen-bond acceptors (Lipinski definition) is 7. The summed E-state index contributed by atoms with van der Waals surface area (Å²) in [4.78, 5) is 5.56. The summed E-state index contributed by atoms with van der Waals surface area (Å²) in [6, 6.07) is 14.1. The van der Waals surface area contributed by atoms with E-state index < -0.39 is 10.0 Å². The number of fused-ring (bicyclic) bond motifs is 1. The number of methoxy groups -OCH3 is 1. The number of anilines is 1. The second kappa shape index (κ2) is 7.14. The maximum Gasteiger partial charge on any atom is 0.266 e. The van der Waals surface area contributed by atoms with Crippen LogP contribution in [0.25, 0.3) is 10.4 Å². The molecule has 0 amide bonds. The average molecular weight is 413 g/mol. The summed E-state index contributed by atoms with van der Waals surface area (Å²) >= 11 is 1.35. The van der Waals surface area contributed by atoms with Gasteiger partial charge in [0.05, 0.1) is 25.5 Å². The Balaban J connectivity index is 1.76. The quantitative estimate of drug-likeness (QED) is 0.652. The van der Waals surface area contributed by atoms with E-state index in [-0.39, 0.29) is 18.0 Å². The van der Waals surface area contributed by atoms with Crippen LogP contribution in [0.3, 0.4) is 0 Å². The number of benzene rings is 1. The van der Waals surface area contributed by atoms with Crippen molar-refractivity contribution in [2.45, 2.75) is 4.90 Å². The number of nitriles is 1. The van der Waals surface area contributed by atoms with Crippen LogP contribution in [0.5, 0.6) is 11.6 Å². The zero-order valence-electron chi connectivity index (χ0n) is 14.8. The molecule has 0 spiro atoms. The van der Waals surface area contributed by atoms with E-state index in [2.05, 4.69) is 11.1 Å². The lowest BCUT2D eigenvalue weighted by Crippen LogP contribution is -2.38. The molecule has 0 radical (unpaired) electrons. The van der Waals surface area contributed by atoms with E-state index in [0.29, 0.717) is 22.2 Å². The summed E-state index contributed by atoms with van der Waals surface area (Å²) in [6.07, 6.45) is 1.28. The number of pyridine rings is 1. The summed E-state index contributed by atoms with van der Waals surface area (Å²) in [5.41, 5.74) is 1.29. The first kappa shape index (κ1) is 18.3. The summed E-state index contributed by atoms with van der Waals surface area (Å²) in [7, 11) is -2.34. The highest BCUT2D eigenvalue weighted by atomic mass is 32.2. The lowest BCUT2D eigenvalue weighted by Gasteiger charge is -2.30. The smallest absolute Gasteiger partial charge is 0.266 e. The number of thiophene rings is 1. The number of ether oxygens (including phenoxy) is 2. The van der Waals surface area contributed by atoms with Crippen LogP contribution in [-0.2, 0) is 10.0 Å². The molecule has 1 aliphatic heterocycles. The van der Waals surface area contributed by atoms with Gasteiger partial charge in [-0.2, -0.15) is 5.26 Å². The van der Waals surface area contributed by atoms with Gasteiger partial charge in [-0.1, -0.05) is 0 Å². The Kier molecular flexibility index (Phi) is 4.66. The van der Waals surface area contributed by atoms with Crippen molar-refractivity contribution in [3.8, 4) is 28.1 Å². The average Bonchev–Trinajstić information content (AvgIpc) is 3.22. The topological polar surface area (TPSA) is 92.5 Å². The zero-order chi connectivity index (χ0) is 19.7. The number of nitrogens with zero attached hydrogens (tertiary/aromatic N) is 3. The molecule has 0 unspecified atom stereocenters. The third-order valence-electron chi connectivity index (χ3n) is 4.29. The molecule has 7 nitrogen and oxygen atoms in total. The summed E-state index contributed by atoms with van der Waals surface area (Å²) < 4.78 is 38.4. The van der Waals surface area contributed by atoms with Crippen molar-refractivity contribution in [2.24, 2.45) is 0 Å². The van der Waals surface area contributed by atoms with Crippen LogP contribution >= 0.6 is 11.3 Å². The van der Waals surface area contributed by atoms with E-state index in [9.17, 15) is 8.42 Å². The Labute approximate surface area is 166 Å². The number of aromatic nitrogens is 1. The van der Waals surface area contributed by atoms with Gasteiger partial charge in [0.25, 0.3) is 10.0 Å². The molecule has 2 aromatic heterocycles. The first-order valence-electron chi connectivity index (χ1n) is 8.33. The fraction of sp³-hybridized carbons (Fsp3) is 0.158. The SMILES string of the molecule is COc1ccc(S(=O)(=O)N2CCOc3ccc(-c4ccc(C#N)s4)cc32)cn1. The normalized spacial score (nSPS) is 13.4. The Morgan fingerprint density at radius 3 is 2.79 bits per heavy atom. The maximum absolute atomic E-state index is 13.2. The van der Waals surface area contributed by atoms with Crippen molar-refractivity contribution in [1.29, 1.82) is 5.26 Å². The molecule has 142 valence electrons. The van der Waals surface area contributed by atoms with Crippen LogP contribution in [0.4, 0.5) is 5.69 Å². The first-order valence-corrected chi connectivity index (χ1v) is 10.6. The minimum absolute atomic E-state index is 0.0782. The van der Waals surface area contributed by atoms with Crippen LogP contribution in [0.15, 0.2) is 53.6 Å². The number of hydrogen-bond donors (Lipinski definition) is 0. The van der Waals surface area contributed by atoms with Crippen LogP contribution in [0.2, 0.25) is 0 Å². The third-order valence-corrected chi connectivity index (χ3v) is 7.12. The van der Waals surface area contributed by atoms with Crippen LogP contribution < -0.4 is 13.8 Å². The van der Waals surface area contributed by atoms with Crippen molar-refractivity contribution in [3.05, 3.63) is 53.5 Å². The first-order chi connectivity index (χ1) is 13.5. The molecule has 28 heavy (non-hydrogen) atoms. The Morgan fingerprint density at radius 2 is 2.11 bits per heavy atom. The van der Waals surface area contributed by atoms with Gasteiger partial charge in [-0.25, -0.2) is 13.4 Å². The number of sulfonamides is 1. The van der Waals surface area contributed by atoms with E-state index in [0.717, 1.165) is 10.4 Å². The van der Waals surface area contributed by atoms with Crippen molar-refractivity contribution in [1.82, 2.24) is 4.98 Å². The fourth-order valence-electron chi connectivity index (χ4n) is 2.92. The molecule has 3 aromatic rings. The van der Waals surface area contributed by atoms with Gasteiger partial charge in [-0.3, -0.25) is 4.31 Å². The third kappa shape index (κ3) is 3.17. The molecule has 1 aromatic carbocycles.